The number of rotatable bonds is 10. The third-order valence-electron chi connectivity index (χ3n) is 5.58. The Hall–Kier alpha value is -2.57. The summed E-state index contributed by atoms with van der Waals surface area (Å²) < 4.78 is 0. The fourth-order valence-electron chi connectivity index (χ4n) is 3.71. The van der Waals surface area contributed by atoms with Gasteiger partial charge < -0.3 is 20.4 Å². The van der Waals surface area contributed by atoms with Crippen LogP contribution in [0.15, 0.2) is 29.3 Å². The van der Waals surface area contributed by atoms with Crippen LogP contribution in [0, 0.1) is 0 Å². The molecular weight excluding hydrogens is 390 g/mol. The van der Waals surface area contributed by atoms with Gasteiger partial charge >= 0.3 is 0 Å². The molecule has 0 atom stereocenters. The summed E-state index contributed by atoms with van der Waals surface area (Å²) in [5.74, 6) is 1.13. The first kappa shape index (κ1) is 24.7. The molecule has 2 amide bonds. The van der Waals surface area contributed by atoms with Gasteiger partial charge in [-0.05, 0) is 57.7 Å². The minimum Gasteiger partial charge on any atom is -0.357 e. The van der Waals surface area contributed by atoms with Crippen LogP contribution in [0.1, 0.15) is 68.8 Å². The topological polar surface area (TPSA) is 77.0 Å². The van der Waals surface area contributed by atoms with E-state index < -0.39 is 0 Å². The van der Waals surface area contributed by atoms with Gasteiger partial charge in [-0.3, -0.25) is 9.59 Å². The number of carbonyl (C=O) groups is 2. The van der Waals surface area contributed by atoms with Crippen molar-refractivity contribution in [3.05, 3.63) is 35.4 Å². The number of nitrogens with zero attached hydrogens (tertiary/aromatic N) is 3. The fourth-order valence-corrected chi connectivity index (χ4v) is 3.71. The molecule has 172 valence electrons. The minimum absolute atomic E-state index is 0.0675. The standard InChI is InChI=1S/C24H39N5O2/c1-4-25-24(26-16-10-18-29-17-9-7-8-11-22(29)30)27-19-20-12-14-21(15-13-20)23(31)28(5-2)6-3/h12-15H,4-11,16-19H2,1-3H3,(H2,25,26,27). The maximum absolute atomic E-state index is 12.4. The van der Waals surface area contributed by atoms with Gasteiger partial charge in [0.1, 0.15) is 0 Å². The number of aliphatic imine (C=N–C) groups is 1. The Bertz CT molecular complexity index is 713. The van der Waals surface area contributed by atoms with E-state index in [1.807, 2.05) is 54.8 Å². The molecule has 0 spiro atoms. The lowest BCUT2D eigenvalue weighted by Crippen LogP contribution is -2.39. The highest BCUT2D eigenvalue weighted by Crippen LogP contribution is 2.11. The van der Waals surface area contributed by atoms with E-state index in [1.165, 1.54) is 0 Å². The van der Waals surface area contributed by atoms with Gasteiger partial charge in [-0.2, -0.15) is 0 Å². The fraction of sp³-hybridized carbons (Fsp3) is 0.625. The number of carbonyl (C=O) groups excluding carboxylic acids is 2. The van der Waals surface area contributed by atoms with Gasteiger partial charge in [0.15, 0.2) is 5.96 Å². The zero-order chi connectivity index (χ0) is 22.5. The lowest BCUT2D eigenvalue weighted by atomic mass is 10.1. The highest BCUT2D eigenvalue weighted by molar-refractivity contribution is 5.94. The number of benzene rings is 1. The SMILES string of the molecule is CCNC(=NCc1ccc(C(=O)N(CC)CC)cc1)NCCCN1CCCCCC1=O. The maximum Gasteiger partial charge on any atom is 0.253 e. The first-order chi connectivity index (χ1) is 15.1. The Labute approximate surface area is 187 Å². The lowest BCUT2D eigenvalue weighted by molar-refractivity contribution is -0.130. The Morgan fingerprint density at radius 2 is 1.81 bits per heavy atom. The predicted octanol–water partition coefficient (Wildman–Crippen LogP) is 3.02. The number of hydrogen-bond acceptors (Lipinski definition) is 3. The molecule has 1 aliphatic rings. The smallest absolute Gasteiger partial charge is 0.253 e. The molecule has 31 heavy (non-hydrogen) atoms. The second kappa shape index (κ2) is 13.7. The van der Waals surface area contributed by atoms with Gasteiger partial charge in [-0.25, -0.2) is 4.99 Å². The van der Waals surface area contributed by atoms with E-state index in [4.69, 9.17) is 0 Å². The summed E-state index contributed by atoms with van der Waals surface area (Å²) in [5.41, 5.74) is 1.77. The molecule has 1 saturated heterocycles. The molecule has 1 aromatic carbocycles. The zero-order valence-electron chi connectivity index (χ0n) is 19.5. The van der Waals surface area contributed by atoms with E-state index in [-0.39, 0.29) is 5.91 Å². The molecule has 2 N–H and O–H groups in total. The van der Waals surface area contributed by atoms with Crippen LogP contribution in [0.4, 0.5) is 0 Å². The van der Waals surface area contributed by atoms with Crippen molar-refractivity contribution < 1.29 is 9.59 Å². The highest BCUT2D eigenvalue weighted by atomic mass is 16.2. The molecule has 0 saturated carbocycles. The molecule has 0 aromatic heterocycles. The molecule has 1 heterocycles. The van der Waals surface area contributed by atoms with E-state index in [2.05, 4.69) is 15.6 Å². The number of guanidine groups is 1. The van der Waals surface area contributed by atoms with Crippen LogP contribution >= 0.6 is 0 Å². The van der Waals surface area contributed by atoms with Crippen molar-refractivity contribution in [1.29, 1.82) is 0 Å². The van der Waals surface area contributed by atoms with Crippen LogP contribution in [0.25, 0.3) is 0 Å². The first-order valence-corrected chi connectivity index (χ1v) is 11.8. The van der Waals surface area contributed by atoms with E-state index in [1.54, 1.807) is 0 Å². The summed E-state index contributed by atoms with van der Waals surface area (Å²) in [7, 11) is 0. The summed E-state index contributed by atoms with van der Waals surface area (Å²) in [6.07, 6.45) is 4.88. The number of amides is 2. The van der Waals surface area contributed by atoms with Gasteiger partial charge in [-0.15, -0.1) is 0 Å². The van der Waals surface area contributed by atoms with Crippen molar-refractivity contribution in [2.75, 3.05) is 39.3 Å². The molecule has 1 fully saturated rings. The third-order valence-corrected chi connectivity index (χ3v) is 5.58. The van der Waals surface area contributed by atoms with Gasteiger partial charge in [0, 0.05) is 51.3 Å². The molecular formula is C24H39N5O2. The summed E-state index contributed by atoms with van der Waals surface area (Å²) in [6, 6.07) is 7.69. The zero-order valence-corrected chi connectivity index (χ0v) is 19.5. The van der Waals surface area contributed by atoms with Crippen molar-refractivity contribution in [2.24, 2.45) is 4.99 Å². The minimum atomic E-state index is 0.0675. The molecule has 7 nitrogen and oxygen atoms in total. The summed E-state index contributed by atoms with van der Waals surface area (Å²) in [5, 5.41) is 6.63. The molecule has 0 aliphatic carbocycles. The highest BCUT2D eigenvalue weighted by Gasteiger charge is 2.15. The lowest BCUT2D eigenvalue weighted by Gasteiger charge is -2.20. The second-order valence-corrected chi connectivity index (χ2v) is 7.84. The van der Waals surface area contributed by atoms with E-state index in [9.17, 15) is 9.59 Å². The van der Waals surface area contributed by atoms with Crippen LogP contribution < -0.4 is 10.6 Å². The quantitative estimate of drug-likeness (QED) is 0.341. The third kappa shape index (κ3) is 8.23. The van der Waals surface area contributed by atoms with Crippen molar-refractivity contribution in [3.8, 4) is 0 Å². The van der Waals surface area contributed by atoms with Crippen LogP contribution in [-0.4, -0.2) is 66.8 Å². The van der Waals surface area contributed by atoms with Crippen molar-refractivity contribution in [1.82, 2.24) is 20.4 Å². The number of likely N-dealkylation sites (tertiary alicyclic amines) is 1. The molecule has 1 aliphatic heterocycles. The second-order valence-electron chi connectivity index (χ2n) is 7.84. The summed E-state index contributed by atoms with van der Waals surface area (Å²) in [4.78, 5) is 33.0. The van der Waals surface area contributed by atoms with Crippen LogP contribution in [0.5, 0.6) is 0 Å². The maximum atomic E-state index is 12.4. The average Bonchev–Trinajstić information content (AvgIpc) is 3.00. The molecule has 7 heteroatoms. The van der Waals surface area contributed by atoms with Crippen molar-refractivity contribution >= 4 is 17.8 Å². The van der Waals surface area contributed by atoms with Crippen LogP contribution in [0.3, 0.4) is 0 Å². The van der Waals surface area contributed by atoms with E-state index in [0.717, 1.165) is 63.4 Å². The van der Waals surface area contributed by atoms with Crippen LogP contribution in [-0.2, 0) is 11.3 Å². The largest absolute Gasteiger partial charge is 0.357 e. The summed E-state index contributed by atoms with van der Waals surface area (Å²) in [6.45, 7) is 11.2. The van der Waals surface area contributed by atoms with Crippen molar-refractivity contribution in [3.63, 3.8) is 0 Å². The Balaban J connectivity index is 1.83. The molecule has 1 aromatic rings. The molecule has 0 bridgehead atoms. The predicted molar refractivity (Wildman–Crippen MR) is 126 cm³/mol. The van der Waals surface area contributed by atoms with Gasteiger partial charge in [0.25, 0.3) is 5.91 Å². The number of hydrogen-bond donors (Lipinski definition) is 2. The van der Waals surface area contributed by atoms with Crippen LogP contribution in [0.2, 0.25) is 0 Å². The van der Waals surface area contributed by atoms with Crippen molar-refractivity contribution in [2.45, 2.75) is 59.4 Å². The van der Waals surface area contributed by atoms with E-state index >= 15 is 0 Å². The van der Waals surface area contributed by atoms with E-state index in [0.29, 0.717) is 37.5 Å². The molecule has 0 unspecified atom stereocenters. The van der Waals surface area contributed by atoms with Gasteiger partial charge in [0.05, 0.1) is 6.54 Å². The Morgan fingerprint density at radius 3 is 2.48 bits per heavy atom. The Kier molecular flexibility index (Phi) is 10.9. The number of nitrogens with one attached hydrogen (secondary N) is 2. The monoisotopic (exact) mass is 429 g/mol. The molecule has 2 rings (SSSR count). The first-order valence-electron chi connectivity index (χ1n) is 11.8. The summed E-state index contributed by atoms with van der Waals surface area (Å²) >= 11 is 0. The molecule has 0 radical (unpaired) electrons. The average molecular weight is 430 g/mol. The van der Waals surface area contributed by atoms with Gasteiger partial charge in [0.2, 0.25) is 5.91 Å². The Morgan fingerprint density at radius 1 is 1.06 bits per heavy atom. The normalized spacial score (nSPS) is 14.9. The van der Waals surface area contributed by atoms with Gasteiger partial charge in [-0.1, -0.05) is 18.6 Å².